The van der Waals surface area contributed by atoms with E-state index in [0.717, 1.165) is 19.5 Å². The zero-order valence-electron chi connectivity index (χ0n) is 18.3. The van der Waals surface area contributed by atoms with Gasteiger partial charge in [-0.1, -0.05) is 12.1 Å². The summed E-state index contributed by atoms with van der Waals surface area (Å²) in [7, 11) is 0. The van der Waals surface area contributed by atoms with Crippen molar-refractivity contribution in [3.8, 4) is 5.75 Å². The molecule has 4 N–H and O–H groups in total. The van der Waals surface area contributed by atoms with E-state index in [-0.39, 0.29) is 24.2 Å². The Balaban J connectivity index is 1.23. The summed E-state index contributed by atoms with van der Waals surface area (Å²) in [6, 6.07) is 5.56. The van der Waals surface area contributed by atoms with Crippen molar-refractivity contribution < 1.29 is 27.4 Å². The van der Waals surface area contributed by atoms with Crippen LogP contribution in [0, 0.1) is 17.8 Å². The van der Waals surface area contributed by atoms with Crippen molar-refractivity contribution in [2.45, 2.75) is 32.2 Å². The number of carbonyl (C=O) groups is 1. The molecule has 0 spiro atoms. The molecule has 0 saturated carbocycles. The number of ether oxygens (including phenoxy) is 2. The van der Waals surface area contributed by atoms with Gasteiger partial charge in [-0.05, 0) is 37.1 Å². The fraction of sp³-hybridized carbons (Fsp3) is 0.522. The third-order valence-electron chi connectivity index (χ3n) is 6.70. The summed E-state index contributed by atoms with van der Waals surface area (Å²) in [4.78, 5) is 17.0. The quantitative estimate of drug-likeness (QED) is 0.627. The number of allylic oxidation sites excluding steroid dienone is 2. The van der Waals surface area contributed by atoms with Crippen LogP contribution in [0.1, 0.15) is 24.8 Å². The third-order valence-corrected chi connectivity index (χ3v) is 6.70. The zero-order valence-corrected chi connectivity index (χ0v) is 18.3. The summed E-state index contributed by atoms with van der Waals surface area (Å²) < 4.78 is 46.4. The summed E-state index contributed by atoms with van der Waals surface area (Å²) >= 11 is 0. The van der Waals surface area contributed by atoms with Crippen LogP contribution >= 0.6 is 0 Å². The van der Waals surface area contributed by atoms with Gasteiger partial charge in [-0.15, -0.1) is 13.2 Å². The van der Waals surface area contributed by atoms with E-state index in [2.05, 4.69) is 16.2 Å². The highest BCUT2D eigenvalue weighted by atomic mass is 19.4. The Hall–Kier alpha value is -3.04. The van der Waals surface area contributed by atoms with Crippen LogP contribution in [-0.4, -0.2) is 48.2 Å². The molecule has 1 aromatic rings. The second kappa shape index (κ2) is 9.07. The Morgan fingerprint density at radius 2 is 1.64 bits per heavy atom. The van der Waals surface area contributed by atoms with Gasteiger partial charge < -0.3 is 30.7 Å². The fourth-order valence-corrected chi connectivity index (χ4v) is 4.88. The van der Waals surface area contributed by atoms with Crippen LogP contribution in [0.5, 0.6) is 5.75 Å². The standard InChI is InChI=1S/C23H29F3N4O3/c1-14(32-13-15-2-5-19(6-3-15)33-23(24,25)26)29-9-17-11-30(12-18(17)10-29)22(31)16-4-7-20(27)21(28)8-16/h2-3,5-6,16-18H,1,4,7-13,27-28H2/t16-,17?,18?/m1/s1. The first-order valence-electron chi connectivity index (χ1n) is 11.0. The number of hydrogen-bond acceptors (Lipinski definition) is 6. The molecular formula is C23H29F3N4O3. The van der Waals surface area contributed by atoms with Crippen LogP contribution in [0.25, 0.3) is 0 Å². The molecule has 10 heteroatoms. The summed E-state index contributed by atoms with van der Waals surface area (Å²) in [6.45, 7) is 7.14. The van der Waals surface area contributed by atoms with Crippen molar-refractivity contribution in [2.75, 3.05) is 26.2 Å². The molecular weight excluding hydrogens is 437 g/mol. The molecule has 2 aliphatic heterocycles. The molecule has 2 saturated heterocycles. The van der Waals surface area contributed by atoms with E-state index < -0.39 is 6.36 Å². The van der Waals surface area contributed by atoms with Crippen LogP contribution in [0.4, 0.5) is 13.2 Å². The van der Waals surface area contributed by atoms with Gasteiger partial charge in [-0.25, -0.2) is 0 Å². The lowest BCUT2D eigenvalue weighted by molar-refractivity contribution is -0.274. The maximum atomic E-state index is 12.9. The number of alkyl halides is 3. The van der Waals surface area contributed by atoms with E-state index in [0.29, 0.717) is 60.6 Å². The van der Waals surface area contributed by atoms with Gasteiger partial charge in [-0.2, -0.15) is 0 Å². The topological polar surface area (TPSA) is 94.0 Å². The summed E-state index contributed by atoms with van der Waals surface area (Å²) in [5.74, 6) is 1.05. The molecule has 3 atom stereocenters. The van der Waals surface area contributed by atoms with Gasteiger partial charge in [0.2, 0.25) is 5.91 Å². The molecule has 0 radical (unpaired) electrons. The molecule has 4 rings (SSSR count). The molecule has 2 unspecified atom stereocenters. The Bertz CT molecular complexity index is 918. The number of amides is 1. The van der Waals surface area contributed by atoms with Crippen molar-refractivity contribution in [1.29, 1.82) is 0 Å². The van der Waals surface area contributed by atoms with Crippen molar-refractivity contribution in [3.05, 3.63) is 53.7 Å². The van der Waals surface area contributed by atoms with Crippen LogP contribution in [0.15, 0.2) is 48.1 Å². The molecule has 1 aromatic carbocycles. The van der Waals surface area contributed by atoms with Crippen LogP contribution < -0.4 is 16.2 Å². The first-order valence-corrected chi connectivity index (χ1v) is 11.0. The average molecular weight is 467 g/mol. The normalized spacial score (nSPS) is 25.2. The molecule has 33 heavy (non-hydrogen) atoms. The number of carbonyl (C=O) groups excluding carboxylic acids is 1. The monoisotopic (exact) mass is 466 g/mol. The van der Waals surface area contributed by atoms with Gasteiger partial charge in [0.15, 0.2) is 5.88 Å². The number of rotatable bonds is 6. The van der Waals surface area contributed by atoms with Gasteiger partial charge in [0.1, 0.15) is 12.4 Å². The van der Waals surface area contributed by atoms with E-state index in [9.17, 15) is 18.0 Å². The Labute approximate surface area is 190 Å². The first-order chi connectivity index (χ1) is 15.6. The molecule has 2 heterocycles. The maximum Gasteiger partial charge on any atom is 0.573 e. The minimum absolute atomic E-state index is 0.0848. The molecule has 1 aliphatic carbocycles. The molecule has 2 fully saturated rings. The molecule has 180 valence electrons. The Kier molecular flexibility index (Phi) is 6.36. The number of fused-ring (bicyclic) bond motifs is 1. The zero-order chi connectivity index (χ0) is 23.8. The SMILES string of the molecule is C=C(OCc1ccc(OC(F)(F)F)cc1)N1CC2CN(C(=O)[C@@H]3CCC(N)=C(N)C3)CC2C1. The Morgan fingerprint density at radius 1 is 1.03 bits per heavy atom. The highest BCUT2D eigenvalue weighted by molar-refractivity contribution is 5.79. The molecule has 0 bridgehead atoms. The van der Waals surface area contributed by atoms with E-state index >= 15 is 0 Å². The minimum Gasteiger partial charge on any atom is -0.475 e. The molecule has 1 amide bonds. The van der Waals surface area contributed by atoms with Gasteiger partial charge >= 0.3 is 6.36 Å². The predicted molar refractivity (Wildman–Crippen MR) is 115 cm³/mol. The number of likely N-dealkylation sites (tertiary alicyclic amines) is 2. The van der Waals surface area contributed by atoms with E-state index in [4.69, 9.17) is 16.2 Å². The van der Waals surface area contributed by atoms with Crippen molar-refractivity contribution in [3.63, 3.8) is 0 Å². The predicted octanol–water partition coefficient (Wildman–Crippen LogP) is 2.89. The lowest BCUT2D eigenvalue weighted by atomic mass is 9.89. The van der Waals surface area contributed by atoms with Crippen LogP contribution in [0.2, 0.25) is 0 Å². The minimum atomic E-state index is -4.71. The van der Waals surface area contributed by atoms with Crippen LogP contribution in [-0.2, 0) is 16.1 Å². The van der Waals surface area contributed by atoms with Crippen molar-refractivity contribution in [2.24, 2.45) is 29.2 Å². The second-order valence-electron chi connectivity index (χ2n) is 9.03. The fourth-order valence-electron chi connectivity index (χ4n) is 4.88. The summed E-state index contributed by atoms with van der Waals surface area (Å²) in [5.41, 5.74) is 13.9. The second-order valence-corrected chi connectivity index (χ2v) is 9.03. The number of benzene rings is 1. The summed E-state index contributed by atoms with van der Waals surface area (Å²) in [5, 5.41) is 0. The van der Waals surface area contributed by atoms with Gasteiger partial charge in [0.05, 0.1) is 0 Å². The lowest BCUT2D eigenvalue weighted by Crippen LogP contribution is -2.39. The highest BCUT2D eigenvalue weighted by Crippen LogP contribution is 2.35. The van der Waals surface area contributed by atoms with Crippen molar-refractivity contribution >= 4 is 5.91 Å². The number of hydrogen-bond donors (Lipinski definition) is 2. The van der Waals surface area contributed by atoms with Crippen molar-refractivity contribution in [1.82, 2.24) is 9.80 Å². The van der Waals surface area contributed by atoms with Gasteiger partial charge in [0, 0.05) is 61.7 Å². The van der Waals surface area contributed by atoms with Crippen LogP contribution in [0.3, 0.4) is 0 Å². The van der Waals surface area contributed by atoms with Gasteiger partial charge in [0.25, 0.3) is 0 Å². The first kappa shape index (κ1) is 23.1. The van der Waals surface area contributed by atoms with Gasteiger partial charge in [-0.3, -0.25) is 4.79 Å². The average Bonchev–Trinajstić information content (AvgIpc) is 3.33. The van der Waals surface area contributed by atoms with E-state index in [1.54, 1.807) is 0 Å². The molecule has 3 aliphatic rings. The molecule has 7 nitrogen and oxygen atoms in total. The Morgan fingerprint density at radius 3 is 2.21 bits per heavy atom. The smallest absolute Gasteiger partial charge is 0.475 e. The largest absolute Gasteiger partial charge is 0.573 e. The third kappa shape index (κ3) is 5.48. The number of nitrogens with two attached hydrogens (primary N) is 2. The van der Waals surface area contributed by atoms with E-state index in [1.807, 2.05) is 4.90 Å². The molecule has 0 aromatic heterocycles. The summed E-state index contributed by atoms with van der Waals surface area (Å²) in [6.07, 6.45) is -2.76. The maximum absolute atomic E-state index is 12.9. The lowest BCUT2D eigenvalue weighted by Gasteiger charge is -2.29. The number of halogens is 3. The number of nitrogens with zero attached hydrogens (tertiary/aromatic N) is 2. The highest BCUT2D eigenvalue weighted by Gasteiger charge is 2.43. The van der Waals surface area contributed by atoms with E-state index in [1.165, 1.54) is 24.3 Å².